The summed E-state index contributed by atoms with van der Waals surface area (Å²) in [4.78, 5) is 16.4. The van der Waals surface area contributed by atoms with E-state index in [1.165, 1.54) is 28.9 Å². The van der Waals surface area contributed by atoms with Crippen molar-refractivity contribution in [3.63, 3.8) is 0 Å². The molecule has 21 heavy (non-hydrogen) atoms. The molecule has 1 aliphatic heterocycles. The molecule has 2 heterocycles. The van der Waals surface area contributed by atoms with Crippen LogP contribution < -0.4 is 15.0 Å². The van der Waals surface area contributed by atoms with E-state index in [1.54, 1.807) is 6.92 Å². The van der Waals surface area contributed by atoms with Gasteiger partial charge in [-0.15, -0.1) is 0 Å². The van der Waals surface area contributed by atoms with Crippen LogP contribution in [-0.2, 0) is 13.0 Å². The third kappa shape index (κ3) is 2.63. The second-order valence-electron chi connectivity index (χ2n) is 5.39. The van der Waals surface area contributed by atoms with Crippen LogP contribution in [0.4, 0.5) is 0 Å². The average molecular weight is 286 g/mol. The van der Waals surface area contributed by atoms with Gasteiger partial charge in [-0.1, -0.05) is 17.7 Å². The number of methoxy groups -OCH3 is 1. The molecule has 1 aromatic heterocycles. The molecule has 110 valence electrons. The molecule has 5 heteroatoms. The van der Waals surface area contributed by atoms with Crippen LogP contribution in [0.1, 0.15) is 16.8 Å². The zero-order valence-corrected chi connectivity index (χ0v) is 12.4. The van der Waals surface area contributed by atoms with Gasteiger partial charge in [0.05, 0.1) is 13.7 Å². The molecule has 0 radical (unpaired) electrons. The van der Waals surface area contributed by atoms with Crippen molar-refractivity contribution in [2.45, 2.75) is 32.9 Å². The van der Waals surface area contributed by atoms with E-state index in [1.807, 2.05) is 12.1 Å². The van der Waals surface area contributed by atoms with Crippen molar-refractivity contribution in [2.24, 2.45) is 0 Å². The highest BCUT2D eigenvalue weighted by Gasteiger charge is 2.24. The number of rotatable bonds is 3. The highest BCUT2D eigenvalue weighted by Crippen LogP contribution is 2.30. The molecular formula is C16H18N2O3. The van der Waals surface area contributed by atoms with Crippen LogP contribution in [0.3, 0.4) is 0 Å². The zero-order valence-electron chi connectivity index (χ0n) is 12.4. The van der Waals surface area contributed by atoms with E-state index < -0.39 is 0 Å². The summed E-state index contributed by atoms with van der Waals surface area (Å²) < 4.78 is 12.6. The van der Waals surface area contributed by atoms with Crippen LogP contribution >= 0.6 is 0 Å². The van der Waals surface area contributed by atoms with Crippen molar-refractivity contribution in [3.05, 3.63) is 51.4 Å². The molecule has 1 aliphatic rings. The minimum atomic E-state index is -0.116. The van der Waals surface area contributed by atoms with Gasteiger partial charge in [0.15, 0.2) is 0 Å². The molecule has 3 rings (SSSR count). The molecule has 0 saturated carbocycles. The maximum absolute atomic E-state index is 12.1. The average Bonchev–Trinajstić information content (AvgIpc) is 2.83. The Balaban J connectivity index is 1.85. The first kappa shape index (κ1) is 13.7. The third-order valence-corrected chi connectivity index (χ3v) is 3.63. The van der Waals surface area contributed by atoms with Crippen molar-refractivity contribution < 1.29 is 9.47 Å². The van der Waals surface area contributed by atoms with E-state index in [0.717, 1.165) is 12.2 Å². The lowest BCUT2D eigenvalue weighted by Gasteiger charge is -2.15. The fourth-order valence-electron chi connectivity index (χ4n) is 2.67. The Bertz CT molecular complexity index is 737. The monoisotopic (exact) mass is 286 g/mol. The van der Waals surface area contributed by atoms with Crippen LogP contribution in [0.2, 0.25) is 0 Å². The smallest absolute Gasteiger partial charge is 0.299 e. The Morgan fingerprint density at radius 3 is 2.95 bits per heavy atom. The van der Waals surface area contributed by atoms with Gasteiger partial charge in [0.1, 0.15) is 11.9 Å². The fraction of sp³-hybridized carbons (Fsp3) is 0.375. The molecule has 0 amide bonds. The number of ether oxygens (including phenoxy) is 2. The van der Waals surface area contributed by atoms with Crippen molar-refractivity contribution in [2.75, 3.05) is 7.11 Å². The predicted molar refractivity (Wildman–Crippen MR) is 79.1 cm³/mol. The van der Waals surface area contributed by atoms with E-state index in [-0.39, 0.29) is 11.7 Å². The third-order valence-electron chi connectivity index (χ3n) is 3.63. The van der Waals surface area contributed by atoms with Gasteiger partial charge in [0.2, 0.25) is 0 Å². The molecule has 0 saturated heterocycles. The van der Waals surface area contributed by atoms with Gasteiger partial charge in [-0.3, -0.25) is 9.36 Å². The second kappa shape index (κ2) is 5.24. The van der Waals surface area contributed by atoms with Gasteiger partial charge in [0.25, 0.3) is 11.6 Å². The summed E-state index contributed by atoms with van der Waals surface area (Å²) >= 11 is 0. The number of aryl methyl sites for hydroxylation is 2. The van der Waals surface area contributed by atoms with Crippen molar-refractivity contribution in [3.8, 4) is 11.8 Å². The number of hydrogen-bond acceptors (Lipinski definition) is 4. The maximum Gasteiger partial charge on any atom is 0.299 e. The van der Waals surface area contributed by atoms with E-state index in [4.69, 9.17) is 9.47 Å². The van der Waals surface area contributed by atoms with Crippen molar-refractivity contribution >= 4 is 0 Å². The van der Waals surface area contributed by atoms with Crippen LogP contribution in [0, 0.1) is 13.8 Å². The van der Waals surface area contributed by atoms with E-state index in [9.17, 15) is 4.79 Å². The maximum atomic E-state index is 12.1. The fourth-order valence-corrected chi connectivity index (χ4v) is 2.67. The van der Waals surface area contributed by atoms with Crippen LogP contribution in [-0.4, -0.2) is 22.8 Å². The lowest BCUT2D eigenvalue weighted by atomic mass is 10.1. The Kier molecular flexibility index (Phi) is 3.41. The molecule has 0 N–H and O–H groups in total. The lowest BCUT2D eigenvalue weighted by Crippen LogP contribution is -2.30. The van der Waals surface area contributed by atoms with Gasteiger partial charge in [-0.2, -0.15) is 0 Å². The normalized spacial score (nSPS) is 16.4. The highest BCUT2D eigenvalue weighted by molar-refractivity contribution is 5.40. The quantitative estimate of drug-likeness (QED) is 0.864. The minimum Gasteiger partial charge on any atom is -0.488 e. The van der Waals surface area contributed by atoms with E-state index in [2.05, 4.69) is 18.0 Å². The first-order valence-corrected chi connectivity index (χ1v) is 6.95. The minimum absolute atomic E-state index is 0.0714. The first-order valence-electron chi connectivity index (χ1n) is 6.95. The molecule has 0 spiro atoms. The van der Waals surface area contributed by atoms with Gasteiger partial charge in [0, 0.05) is 18.2 Å². The summed E-state index contributed by atoms with van der Waals surface area (Å²) in [6.45, 7) is 4.27. The molecule has 5 nitrogen and oxygen atoms in total. The molecule has 1 aromatic carbocycles. The van der Waals surface area contributed by atoms with Crippen LogP contribution in [0.15, 0.2) is 29.1 Å². The molecule has 0 bridgehead atoms. The van der Waals surface area contributed by atoms with Crippen LogP contribution in [0.25, 0.3) is 0 Å². The van der Waals surface area contributed by atoms with Crippen molar-refractivity contribution in [1.82, 2.24) is 9.55 Å². The van der Waals surface area contributed by atoms with Gasteiger partial charge in [-0.25, -0.2) is 4.98 Å². The summed E-state index contributed by atoms with van der Waals surface area (Å²) in [5.74, 6) is 0.901. The van der Waals surface area contributed by atoms with Gasteiger partial charge < -0.3 is 9.47 Å². The summed E-state index contributed by atoms with van der Waals surface area (Å²) in [6.07, 6.45) is 0.721. The topological polar surface area (TPSA) is 53.3 Å². The predicted octanol–water partition coefficient (Wildman–Crippen LogP) is 1.87. The van der Waals surface area contributed by atoms with E-state index >= 15 is 0 Å². The highest BCUT2D eigenvalue weighted by atomic mass is 16.5. The largest absolute Gasteiger partial charge is 0.488 e. The standard InChI is InChI=1S/C16H18N2O3/c1-10-4-5-14-12(6-10)8-13(21-14)9-18-15(19)7-11(2)17-16(18)20-3/h4-7,13H,8-9H2,1-3H3. The Morgan fingerprint density at radius 2 is 2.19 bits per heavy atom. The number of fused-ring (bicyclic) bond motifs is 1. The number of aromatic nitrogens is 2. The molecule has 0 fully saturated rings. The molecule has 0 aliphatic carbocycles. The Labute approximate surface area is 123 Å². The lowest BCUT2D eigenvalue weighted by molar-refractivity contribution is 0.197. The number of benzene rings is 1. The van der Waals surface area contributed by atoms with Gasteiger partial charge in [-0.05, 0) is 25.5 Å². The molecule has 1 unspecified atom stereocenters. The zero-order chi connectivity index (χ0) is 15.0. The SMILES string of the molecule is COc1nc(C)cc(=O)n1CC1Cc2cc(C)ccc2O1. The summed E-state index contributed by atoms with van der Waals surface area (Å²) in [5.41, 5.74) is 2.94. The second-order valence-corrected chi connectivity index (χ2v) is 5.39. The Morgan fingerprint density at radius 1 is 1.38 bits per heavy atom. The summed E-state index contributed by atoms with van der Waals surface area (Å²) in [6, 6.07) is 7.98. The molecule has 1 atom stereocenters. The first-order chi connectivity index (χ1) is 10.1. The summed E-state index contributed by atoms with van der Waals surface area (Å²) in [7, 11) is 1.52. The molecule has 2 aromatic rings. The number of nitrogens with zero attached hydrogens (tertiary/aromatic N) is 2. The van der Waals surface area contributed by atoms with E-state index in [0.29, 0.717) is 18.2 Å². The summed E-state index contributed by atoms with van der Waals surface area (Å²) in [5, 5.41) is 0. The van der Waals surface area contributed by atoms with Crippen molar-refractivity contribution in [1.29, 1.82) is 0 Å². The Hall–Kier alpha value is -2.30. The molecular weight excluding hydrogens is 268 g/mol. The number of hydrogen-bond donors (Lipinski definition) is 0. The van der Waals surface area contributed by atoms with Crippen LogP contribution in [0.5, 0.6) is 11.8 Å². The van der Waals surface area contributed by atoms with Gasteiger partial charge >= 0.3 is 0 Å².